The third kappa shape index (κ3) is 5.64. The summed E-state index contributed by atoms with van der Waals surface area (Å²) in [6, 6.07) is 5.05. The maximum absolute atomic E-state index is 13.1. The average molecular weight is 348 g/mol. The van der Waals surface area contributed by atoms with E-state index in [-0.39, 0.29) is 18.7 Å². The molecule has 0 saturated heterocycles. The van der Waals surface area contributed by atoms with Gasteiger partial charge >= 0.3 is 12.2 Å². The van der Waals surface area contributed by atoms with Crippen molar-refractivity contribution in [3.05, 3.63) is 24.3 Å². The summed E-state index contributed by atoms with van der Waals surface area (Å²) in [5.41, 5.74) is 0.286. The Balaban J connectivity index is 2.95. The fraction of sp³-hybridized carbons (Fsp3) is 0.467. The van der Waals surface area contributed by atoms with Crippen molar-refractivity contribution in [1.82, 2.24) is 4.90 Å². The van der Waals surface area contributed by atoms with Gasteiger partial charge in [-0.25, -0.2) is 4.79 Å². The number of nitrogens with one attached hydrogen (secondary N) is 1. The molecule has 0 radical (unpaired) electrons. The van der Waals surface area contributed by atoms with Gasteiger partial charge in [-0.05, 0) is 30.7 Å². The summed E-state index contributed by atoms with van der Waals surface area (Å²) in [5, 5.41) is 2.35. The molecule has 0 saturated carbocycles. The second kappa shape index (κ2) is 8.99. The minimum atomic E-state index is -4.90. The number of carbonyl (C=O) groups is 2. The van der Waals surface area contributed by atoms with Crippen molar-refractivity contribution in [2.45, 2.75) is 32.2 Å². The van der Waals surface area contributed by atoms with Crippen LogP contribution < -0.4 is 10.1 Å². The summed E-state index contributed by atoms with van der Waals surface area (Å²) >= 11 is 0. The van der Waals surface area contributed by atoms with Gasteiger partial charge in [0.1, 0.15) is 5.75 Å². The lowest BCUT2D eigenvalue weighted by Crippen LogP contribution is -2.52. The Morgan fingerprint density at radius 2 is 1.96 bits per heavy atom. The van der Waals surface area contributed by atoms with Crippen LogP contribution >= 0.6 is 0 Å². The van der Waals surface area contributed by atoms with E-state index in [1.807, 2.05) is 0 Å². The Kier molecular flexibility index (Phi) is 7.34. The molecule has 134 valence electrons. The number of ether oxygens (including phenoxy) is 2. The van der Waals surface area contributed by atoms with Crippen molar-refractivity contribution < 1.29 is 32.2 Å². The monoisotopic (exact) mass is 348 g/mol. The number of halogens is 3. The average Bonchev–Trinajstić information content (AvgIpc) is 2.54. The first-order chi connectivity index (χ1) is 11.3. The van der Waals surface area contributed by atoms with Gasteiger partial charge in [0.25, 0.3) is 12.7 Å². The van der Waals surface area contributed by atoms with Crippen LogP contribution in [0.5, 0.6) is 5.75 Å². The molecular weight excluding hydrogens is 329 g/mol. The fourth-order valence-electron chi connectivity index (χ4n) is 1.90. The van der Waals surface area contributed by atoms with Crippen LogP contribution in [0.25, 0.3) is 0 Å². The zero-order chi connectivity index (χ0) is 18.2. The summed E-state index contributed by atoms with van der Waals surface area (Å²) in [5.74, 6) is 0.535. The van der Waals surface area contributed by atoms with Crippen molar-refractivity contribution in [3.8, 4) is 5.75 Å². The minimum Gasteiger partial charge on any atom is -0.497 e. The zero-order valence-electron chi connectivity index (χ0n) is 13.3. The van der Waals surface area contributed by atoms with Crippen molar-refractivity contribution in [2.24, 2.45) is 0 Å². The second-order valence-corrected chi connectivity index (χ2v) is 4.83. The highest BCUT2D eigenvalue weighted by Crippen LogP contribution is 2.26. The number of methoxy groups -OCH3 is 1. The Hall–Kier alpha value is -2.45. The molecule has 2 amide bonds. The molecule has 1 atom stereocenters. The smallest absolute Gasteiger partial charge is 0.445 e. The number of amides is 2. The predicted octanol–water partition coefficient (Wildman–Crippen LogP) is 3.39. The van der Waals surface area contributed by atoms with Crippen molar-refractivity contribution in [1.29, 1.82) is 0 Å². The van der Waals surface area contributed by atoms with Gasteiger partial charge in [-0.1, -0.05) is 13.3 Å². The standard InChI is InChI=1S/C15H19F3N2O4/c1-3-4-9-20(13(24-10-21)15(16,17)18)14(22)19-11-5-7-12(23-2)8-6-11/h5-8,10,13H,3-4,9H2,1-2H3,(H,19,22). The number of alkyl halides is 3. The summed E-state index contributed by atoms with van der Waals surface area (Å²) in [7, 11) is 1.46. The molecule has 0 spiro atoms. The Bertz CT molecular complexity index is 535. The van der Waals surface area contributed by atoms with Gasteiger partial charge in [0.05, 0.1) is 7.11 Å². The van der Waals surface area contributed by atoms with E-state index in [0.717, 1.165) is 0 Å². The lowest BCUT2D eigenvalue weighted by molar-refractivity contribution is -0.246. The van der Waals surface area contributed by atoms with Gasteiger partial charge in [0.2, 0.25) is 0 Å². The molecule has 24 heavy (non-hydrogen) atoms. The number of hydrogen-bond donors (Lipinski definition) is 1. The van der Waals surface area contributed by atoms with Crippen molar-refractivity contribution >= 4 is 18.2 Å². The highest BCUT2D eigenvalue weighted by atomic mass is 19.4. The number of hydrogen-bond acceptors (Lipinski definition) is 4. The molecule has 0 bridgehead atoms. The maximum atomic E-state index is 13.1. The number of nitrogens with zero attached hydrogens (tertiary/aromatic N) is 1. The number of unbranched alkanes of at least 4 members (excludes halogenated alkanes) is 1. The van der Waals surface area contributed by atoms with Gasteiger partial charge in [-0.2, -0.15) is 13.2 Å². The van der Waals surface area contributed by atoms with Crippen LogP contribution in [0.3, 0.4) is 0 Å². The van der Waals surface area contributed by atoms with Gasteiger partial charge in [-0.15, -0.1) is 0 Å². The van der Waals surface area contributed by atoms with E-state index in [2.05, 4.69) is 10.1 Å². The van der Waals surface area contributed by atoms with Gasteiger partial charge in [0, 0.05) is 12.2 Å². The van der Waals surface area contributed by atoms with Crippen LogP contribution in [0.15, 0.2) is 24.3 Å². The lowest BCUT2D eigenvalue weighted by Gasteiger charge is -2.31. The number of carbonyl (C=O) groups excluding carboxylic acids is 2. The Labute approximate surface area is 137 Å². The van der Waals surface area contributed by atoms with E-state index in [9.17, 15) is 22.8 Å². The highest BCUT2D eigenvalue weighted by Gasteiger charge is 2.47. The van der Waals surface area contributed by atoms with Crippen LogP contribution in [-0.4, -0.2) is 43.5 Å². The molecule has 9 heteroatoms. The van der Waals surface area contributed by atoms with E-state index < -0.39 is 18.4 Å². The Morgan fingerprint density at radius 1 is 1.33 bits per heavy atom. The number of benzene rings is 1. The van der Waals surface area contributed by atoms with Crippen LogP contribution in [0.1, 0.15) is 19.8 Å². The van der Waals surface area contributed by atoms with E-state index >= 15 is 0 Å². The first kappa shape index (κ1) is 19.6. The van der Waals surface area contributed by atoms with Gasteiger partial charge in [0.15, 0.2) is 0 Å². The molecule has 1 aromatic rings. The molecule has 0 aliphatic heterocycles. The van der Waals surface area contributed by atoms with Gasteiger partial charge < -0.3 is 14.8 Å². The minimum absolute atomic E-state index is 0.212. The van der Waals surface area contributed by atoms with E-state index in [4.69, 9.17) is 4.74 Å². The van der Waals surface area contributed by atoms with Crippen molar-refractivity contribution in [2.75, 3.05) is 19.0 Å². The molecule has 1 aromatic carbocycles. The third-order valence-electron chi connectivity index (χ3n) is 3.10. The largest absolute Gasteiger partial charge is 0.497 e. The molecule has 0 heterocycles. The van der Waals surface area contributed by atoms with Crippen LogP contribution in [0, 0.1) is 0 Å². The molecule has 6 nitrogen and oxygen atoms in total. The normalized spacial score (nSPS) is 12.2. The number of anilines is 1. The molecule has 1 unspecified atom stereocenters. The molecule has 1 N–H and O–H groups in total. The van der Waals surface area contributed by atoms with Crippen LogP contribution in [0.2, 0.25) is 0 Å². The highest BCUT2D eigenvalue weighted by molar-refractivity contribution is 5.89. The SMILES string of the molecule is CCCCN(C(=O)Nc1ccc(OC)cc1)C(OC=O)C(F)(F)F. The second-order valence-electron chi connectivity index (χ2n) is 4.83. The molecule has 1 rings (SSSR count). The maximum Gasteiger partial charge on any atom is 0.445 e. The predicted molar refractivity (Wildman–Crippen MR) is 80.6 cm³/mol. The summed E-state index contributed by atoms with van der Waals surface area (Å²) < 4.78 is 48.2. The molecule has 0 aromatic heterocycles. The molecular formula is C15H19F3N2O4. The third-order valence-corrected chi connectivity index (χ3v) is 3.10. The van der Waals surface area contributed by atoms with Crippen molar-refractivity contribution in [3.63, 3.8) is 0 Å². The van der Waals surface area contributed by atoms with E-state index in [1.165, 1.54) is 19.2 Å². The van der Waals surface area contributed by atoms with E-state index in [0.29, 0.717) is 23.5 Å². The fourth-order valence-corrected chi connectivity index (χ4v) is 1.90. The molecule has 0 fully saturated rings. The summed E-state index contributed by atoms with van der Waals surface area (Å²) in [6.45, 7) is 1.23. The van der Waals surface area contributed by atoms with Crippen LogP contribution in [-0.2, 0) is 9.53 Å². The number of rotatable bonds is 8. The van der Waals surface area contributed by atoms with Gasteiger partial charge in [-0.3, -0.25) is 9.69 Å². The molecule has 0 aliphatic rings. The lowest BCUT2D eigenvalue weighted by atomic mass is 10.3. The van der Waals surface area contributed by atoms with E-state index in [1.54, 1.807) is 19.1 Å². The molecule has 0 aliphatic carbocycles. The topological polar surface area (TPSA) is 67.9 Å². The summed E-state index contributed by atoms with van der Waals surface area (Å²) in [6.07, 6.45) is -6.64. The first-order valence-corrected chi connectivity index (χ1v) is 7.21. The van der Waals surface area contributed by atoms with Crippen LogP contribution in [0.4, 0.5) is 23.7 Å². The first-order valence-electron chi connectivity index (χ1n) is 7.21. The Morgan fingerprint density at radius 3 is 2.42 bits per heavy atom. The number of urea groups is 1. The quantitative estimate of drug-likeness (QED) is 0.578. The summed E-state index contributed by atoms with van der Waals surface area (Å²) in [4.78, 5) is 23.1. The zero-order valence-corrected chi connectivity index (χ0v) is 13.3.